The lowest BCUT2D eigenvalue weighted by atomic mass is 9.85. The fourth-order valence-electron chi connectivity index (χ4n) is 4.99. The number of ether oxygens (including phenoxy) is 1. The number of rotatable bonds is 10. The van der Waals surface area contributed by atoms with Crippen molar-refractivity contribution in [1.82, 2.24) is 19.9 Å². The van der Waals surface area contributed by atoms with E-state index in [1.165, 1.54) is 11.1 Å². The van der Waals surface area contributed by atoms with E-state index in [0.29, 0.717) is 0 Å². The van der Waals surface area contributed by atoms with Crippen molar-refractivity contribution < 1.29 is 4.74 Å². The Morgan fingerprint density at radius 3 is 1.12 bits per heavy atom. The van der Waals surface area contributed by atoms with Gasteiger partial charge >= 0.3 is 0 Å². The number of nitrogens with zero attached hydrogens (tertiary/aromatic N) is 4. The molecule has 7 heteroatoms. The quantitative estimate of drug-likeness (QED) is 0.165. The van der Waals surface area contributed by atoms with Crippen LogP contribution in [0.1, 0.15) is 100 Å². The molecule has 0 aliphatic heterocycles. The number of aromatic nitrogens is 4. The molecule has 0 radical (unpaired) electrons. The summed E-state index contributed by atoms with van der Waals surface area (Å²) in [5.74, 6) is 0. The number of benzene rings is 2. The first-order valence-corrected chi connectivity index (χ1v) is 16.6. The third-order valence-corrected chi connectivity index (χ3v) is 8.52. The lowest BCUT2D eigenvalue weighted by molar-refractivity contribution is -0.0512. The molecule has 5 nitrogen and oxygen atoms in total. The highest BCUT2D eigenvalue weighted by Gasteiger charge is 2.28. The van der Waals surface area contributed by atoms with Crippen LogP contribution in [0.5, 0.6) is 0 Å². The van der Waals surface area contributed by atoms with E-state index in [0.717, 1.165) is 55.7 Å². The molecule has 0 bridgehead atoms. The van der Waals surface area contributed by atoms with E-state index in [1.807, 2.05) is 39.8 Å². The van der Waals surface area contributed by atoms with Crippen LogP contribution in [0.2, 0.25) is 0 Å². The van der Waals surface area contributed by atoms with Gasteiger partial charge in [-0.2, -0.15) is 0 Å². The molecule has 0 fully saturated rings. The van der Waals surface area contributed by atoms with Gasteiger partial charge in [0.2, 0.25) is 0 Å². The van der Waals surface area contributed by atoms with Gasteiger partial charge in [0.15, 0.2) is 10.3 Å². The zero-order valence-corrected chi connectivity index (χ0v) is 29.0. The first-order chi connectivity index (χ1) is 20.1. The molecule has 43 heavy (non-hydrogen) atoms. The Labute approximate surface area is 267 Å². The maximum atomic E-state index is 7.09. The van der Waals surface area contributed by atoms with Crippen LogP contribution in [0.15, 0.2) is 80.8 Å². The van der Waals surface area contributed by atoms with Crippen LogP contribution in [-0.2, 0) is 4.74 Å². The molecule has 4 aromatic rings. The number of hydrogen-bond acceptors (Lipinski definition) is 7. The van der Waals surface area contributed by atoms with Gasteiger partial charge in [0, 0.05) is 32.6 Å². The second kappa shape index (κ2) is 13.9. The van der Waals surface area contributed by atoms with E-state index < -0.39 is 0 Å². The van der Waals surface area contributed by atoms with Gasteiger partial charge in [-0.05, 0) is 122 Å². The second-order valence-corrected chi connectivity index (χ2v) is 15.9. The molecule has 0 saturated heterocycles. The summed E-state index contributed by atoms with van der Waals surface area (Å²) in [5.41, 5.74) is 6.53. The number of hydrogen-bond donors (Lipinski definition) is 0. The topological polar surface area (TPSA) is 60.8 Å². The largest absolute Gasteiger partial charge is 0.366 e. The summed E-state index contributed by atoms with van der Waals surface area (Å²) < 4.78 is 7.09. The third kappa shape index (κ3) is 10.7. The van der Waals surface area contributed by atoms with Gasteiger partial charge < -0.3 is 4.74 Å². The van der Waals surface area contributed by atoms with Crippen LogP contribution in [0.25, 0.3) is 0 Å². The molecular formula is C36H46N4OS2. The average Bonchev–Trinajstić information content (AvgIpc) is 2.86. The predicted molar refractivity (Wildman–Crippen MR) is 179 cm³/mol. The monoisotopic (exact) mass is 614 g/mol. The first kappa shape index (κ1) is 33.2. The van der Waals surface area contributed by atoms with Crippen molar-refractivity contribution in [3.8, 4) is 0 Å². The first-order valence-electron chi connectivity index (χ1n) is 15.0. The summed E-state index contributed by atoms with van der Waals surface area (Å²) in [4.78, 5) is 20.6. The van der Waals surface area contributed by atoms with Crippen LogP contribution in [-0.4, -0.2) is 19.9 Å². The SMILES string of the molecule is Cc1cc(C)nc(Sc2ccc(C(CC(C)(C)C)OC(CC(C)(C)C)c3ccc(Sc4nc(C)cc(C)n4)cc3)cc2)n1. The van der Waals surface area contributed by atoms with E-state index in [9.17, 15) is 0 Å². The highest BCUT2D eigenvalue weighted by atomic mass is 32.2. The molecule has 4 rings (SSSR count). The fourth-order valence-corrected chi connectivity index (χ4v) is 6.71. The maximum Gasteiger partial charge on any atom is 0.192 e. The Bertz CT molecular complexity index is 1350. The van der Waals surface area contributed by atoms with Crippen molar-refractivity contribution in [2.24, 2.45) is 10.8 Å². The van der Waals surface area contributed by atoms with Crippen LogP contribution in [0.3, 0.4) is 0 Å². The minimum atomic E-state index is -0.0402. The normalized spacial score (nSPS) is 13.6. The zero-order valence-electron chi connectivity index (χ0n) is 27.4. The average molecular weight is 615 g/mol. The summed E-state index contributed by atoms with van der Waals surface area (Å²) in [5, 5.41) is 1.56. The van der Waals surface area contributed by atoms with Crippen molar-refractivity contribution in [3.05, 3.63) is 94.6 Å². The molecule has 0 saturated carbocycles. The Balaban J connectivity index is 1.57. The predicted octanol–water partition coefficient (Wildman–Crippen LogP) is 10.5. The highest BCUT2D eigenvalue weighted by molar-refractivity contribution is 7.99. The summed E-state index contributed by atoms with van der Waals surface area (Å²) in [6.07, 6.45) is 1.75. The third-order valence-electron chi connectivity index (χ3n) is 6.77. The smallest absolute Gasteiger partial charge is 0.192 e. The highest BCUT2D eigenvalue weighted by Crippen LogP contribution is 2.41. The Hall–Kier alpha value is -2.74. The summed E-state index contributed by atoms with van der Waals surface area (Å²) in [6, 6.07) is 21.5. The summed E-state index contributed by atoms with van der Waals surface area (Å²) in [7, 11) is 0. The van der Waals surface area contributed by atoms with Gasteiger partial charge in [-0.3, -0.25) is 0 Å². The lowest BCUT2D eigenvalue weighted by Crippen LogP contribution is -2.20. The van der Waals surface area contributed by atoms with Gasteiger partial charge in [-0.25, -0.2) is 19.9 Å². The van der Waals surface area contributed by atoms with E-state index in [-0.39, 0.29) is 23.0 Å². The van der Waals surface area contributed by atoms with Gasteiger partial charge in [0.1, 0.15) is 0 Å². The van der Waals surface area contributed by atoms with Gasteiger partial charge in [0.25, 0.3) is 0 Å². The number of aryl methyl sites for hydroxylation is 4. The lowest BCUT2D eigenvalue weighted by Gasteiger charge is -2.33. The van der Waals surface area contributed by atoms with Crippen molar-refractivity contribution >= 4 is 23.5 Å². The Morgan fingerprint density at radius 1 is 0.535 bits per heavy atom. The van der Waals surface area contributed by atoms with E-state index in [4.69, 9.17) is 4.74 Å². The van der Waals surface area contributed by atoms with E-state index in [1.54, 1.807) is 23.5 Å². The molecule has 2 atom stereocenters. The standard InChI is InChI=1S/C36H46N4OS2/c1-23-19-24(2)38-33(37-23)42-29-15-11-27(12-16-29)31(21-35(5,6)7)41-32(22-36(8,9)10)28-13-17-30(18-14-28)43-34-39-25(3)20-26(4)40-34/h11-20,31-32H,21-22H2,1-10H3. The minimum absolute atomic E-state index is 0.0402. The molecule has 2 unspecified atom stereocenters. The Morgan fingerprint density at radius 2 is 0.837 bits per heavy atom. The molecule has 2 aromatic heterocycles. The molecule has 2 aromatic carbocycles. The Kier molecular flexibility index (Phi) is 10.7. The second-order valence-electron chi connectivity index (χ2n) is 13.9. The molecule has 2 heterocycles. The van der Waals surface area contributed by atoms with Crippen LogP contribution in [0, 0.1) is 38.5 Å². The molecular weight excluding hydrogens is 569 g/mol. The van der Waals surface area contributed by atoms with Crippen molar-refractivity contribution in [2.75, 3.05) is 0 Å². The molecule has 0 amide bonds. The van der Waals surface area contributed by atoms with Crippen LogP contribution in [0.4, 0.5) is 0 Å². The van der Waals surface area contributed by atoms with Crippen molar-refractivity contribution in [2.45, 2.75) is 114 Å². The molecule has 228 valence electrons. The van der Waals surface area contributed by atoms with Crippen molar-refractivity contribution in [1.29, 1.82) is 0 Å². The van der Waals surface area contributed by atoms with Gasteiger partial charge in [0.05, 0.1) is 12.2 Å². The minimum Gasteiger partial charge on any atom is -0.366 e. The van der Waals surface area contributed by atoms with E-state index in [2.05, 4.69) is 110 Å². The van der Waals surface area contributed by atoms with Crippen LogP contribution >= 0.6 is 23.5 Å². The molecule has 0 aliphatic carbocycles. The molecule has 0 aliphatic rings. The fraction of sp³-hybridized carbons (Fsp3) is 0.444. The van der Waals surface area contributed by atoms with Crippen LogP contribution < -0.4 is 0 Å². The summed E-state index contributed by atoms with van der Waals surface area (Å²) in [6.45, 7) is 21.7. The molecule has 0 spiro atoms. The summed E-state index contributed by atoms with van der Waals surface area (Å²) >= 11 is 3.19. The van der Waals surface area contributed by atoms with Gasteiger partial charge in [-0.1, -0.05) is 65.8 Å². The van der Waals surface area contributed by atoms with Crippen molar-refractivity contribution in [3.63, 3.8) is 0 Å². The molecule has 0 N–H and O–H groups in total. The van der Waals surface area contributed by atoms with Gasteiger partial charge in [-0.15, -0.1) is 0 Å². The zero-order chi connectivity index (χ0) is 31.4. The maximum absolute atomic E-state index is 7.09. The van der Waals surface area contributed by atoms with E-state index >= 15 is 0 Å².